The number of nitrogens with zero attached hydrogens (tertiary/aromatic N) is 3. The van der Waals surface area contributed by atoms with Crippen molar-refractivity contribution in [3.8, 4) is 6.07 Å². The Labute approximate surface area is 81.9 Å². The molecule has 1 aromatic rings. The number of nitrogens with one attached hydrogen (secondary N) is 1. The van der Waals surface area contributed by atoms with Gasteiger partial charge < -0.3 is 16.2 Å². The molecule has 14 heavy (non-hydrogen) atoms. The smallest absolute Gasteiger partial charge is 0.168 e. The molecule has 1 unspecified atom stereocenters. The van der Waals surface area contributed by atoms with Gasteiger partial charge in [0.1, 0.15) is 17.5 Å². The number of aromatic nitrogens is 2. The zero-order valence-corrected chi connectivity index (χ0v) is 8.15. The summed E-state index contributed by atoms with van der Waals surface area (Å²) in [5, 5.41) is 24.8. The summed E-state index contributed by atoms with van der Waals surface area (Å²) in [6, 6.07) is 1.96. The van der Waals surface area contributed by atoms with Gasteiger partial charge in [0, 0.05) is 7.05 Å². The third kappa shape index (κ3) is 1.78. The average molecular weight is 195 g/mol. The first kappa shape index (κ1) is 10.3. The largest absolute Gasteiger partial charge is 0.391 e. The van der Waals surface area contributed by atoms with Crippen molar-refractivity contribution in [1.82, 2.24) is 9.78 Å². The standard InChI is InChI=1S/C8H13N5O/c1-5(14)4-13-7(10)6(3-9)8(11-2)12-13/h5,14H,4,10H2,1-2H3,(H,11,12). The van der Waals surface area contributed by atoms with E-state index in [0.717, 1.165) is 0 Å². The van der Waals surface area contributed by atoms with Crippen LogP contribution in [0, 0.1) is 11.3 Å². The van der Waals surface area contributed by atoms with Crippen LogP contribution in [0.25, 0.3) is 0 Å². The molecule has 0 aliphatic rings. The van der Waals surface area contributed by atoms with Gasteiger partial charge in [-0.2, -0.15) is 10.4 Å². The fourth-order valence-electron chi connectivity index (χ4n) is 1.15. The van der Waals surface area contributed by atoms with Crippen LogP contribution in [-0.4, -0.2) is 28.0 Å². The van der Waals surface area contributed by atoms with Crippen LogP contribution < -0.4 is 11.1 Å². The highest BCUT2D eigenvalue weighted by molar-refractivity contribution is 5.63. The molecule has 0 bridgehead atoms. The van der Waals surface area contributed by atoms with Gasteiger partial charge in [-0.3, -0.25) is 0 Å². The zero-order valence-electron chi connectivity index (χ0n) is 8.15. The lowest BCUT2D eigenvalue weighted by molar-refractivity contribution is 0.169. The number of anilines is 2. The van der Waals surface area contributed by atoms with Gasteiger partial charge in [-0.05, 0) is 6.92 Å². The summed E-state index contributed by atoms with van der Waals surface area (Å²) in [6.07, 6.45) is -0.548. The molecular weight excluding hydrogens is 182 g/mol. The lowest BCUT2D eigenvalue weighted by atomic mass is 10.3. The number of aliphatic hydroxyl groups is 1. The van der Waals surface area contributed by atoms with E-state index in [9.17, 15) is 0 Å². The Balaban J connectivity index is 3.09. The minimum absolute atomic E-state index is 0.276. The Morgan fingerprint density at radius 3 is 2.79 bits per heavy atom. The monoisotopic (exact) mass is 195 g/mol. The fraction of sp³-hybridized carbons (Fsp3) is 0.500. The van der Waals surface area contributed by atoms with E-state index in [1.54, 1.807) is 14.0 Å². The van der Waals surface area contributed by atoms with Crippen LogP contribution >= 0.6 is 0 Å². The SMILES string of the molecule is CNc1nn(CC(C)O)c(N)c1C#N. The van der Waals surface area contributed by atoms with Crippen LogP contribution in [0.3, 0.4) is 0 Å². The van der Waals surface area contributed by atoms with E-state index in [2.05, 4.69) is 10.4 Å². The van der Waals surface area contributed by atoms with Gasteiger partial charge in [-0.1, -0.05) is 0 Å². The number of nitrogens with two attached hydrogens (primary N) is 1. The number of nitrogen functional groups attached to an aromatic ring is 1. The van der Waals surface area contributed by atoms with Crippen molar-refractivity contribution in [1.29, 1.82) is 5.26 Å². The Morgan fingerprint density at radius 1 is 1.79 bits per heavy atom. The van der Waals surface area contributed by atoms with E-state index in [0.29, 0.717) is 11.4 Å². The summed E-state index contributed by atoms with van der Waals surface area (Å²) in [4.78, 5) is 0. The lowest BCUT2D eigenvalue weighted by Crippen LogP contribution is -2.15. The molecule has 1 rings (SSSR count). The first-order chi connectivity index (χ1) is 6.60. The molecule has 0 spiro atoms. The summed E-state index contributed by atoms with van der Waals surface area (Å²) < 4.78 is 1.41. The molecule has 1 heterocycles. The summed E-state index contributed by atoms with van der Waals surface area (Å²) in [5.74, 6) is 0.711. The van der Waals surface area contributed by atoms with Crippen molar-refractivity contribution in [3.63, 3.8) is 0 Å². The van der Waals surface area contributed by atoms with E-state index in [1.165, 1.54) is 4.68 Å². The molecule has 6 heteroatoms. The Hall–Kier alpha value is -1.74. The molecule has 0 amide bonds. The normalized spacial score (nSPS) is 12.1. The van der Waals surface area contributed by atoms with Crippen LogP contribution in [0.4, 0.5) is 11.6 Å². The van der Waals surface area contributed by atoms with Crippen LogP contribution in [-0.2, 0) is 6.54 Å². The van der Waals surface area contributed by atoms with Crippen LogP contribution in [0.2, 0.25) is 0 Å². The van der Waals surface area contributed by atoms with E-state index in [1.807, 2.05) is 6.07 Å². The van der Waals surface area contributed by atoms with Gasteiger partial charge in [0.15, 0.2) is 5.82 Å². The average Bonchev–Trinajstić information content (AvgIpc) is 2.42. The summed E-state index contributed by atoms with van der Waals surface area (Å²) in [7, 11) is 1.66. The van der Waals surface area contributed by atoms with E-state index in [4.69, 9.17) is 16.1 Å². The first-order valence-corrected chi connectivity index (χ1v) is 4.22. The molecule has 76 valence electrons. The molecule has 0 radical (unpaired) electrons. The molecule has 0 fully saturated rings. The van der Waals surface area contributed by atoms with Gasteiger partial charge >= 0.3 is 0 Å². The second-order valence-electron chi connectivity index (χ2n) is 3.00. The van der Waals surface area contributed by atoms with Gasteiger partial charge in [0.25, 0.3) is 0 Å². The minimum atomic E-state index is -0.548. The molecule has 0 aliphatic heterocycles. The van der Waals surface area contributed by atoms with Gasteiger partial charge in [-0.25, -0.2) is 4.68 Å². The highest BCUT2D eigenvalue weighted by Crippen LogP contribution is 2.19. The second-order valence-corrected chi connectivity index (χ2v) is 3.00. The predicted octanol–water partition coefficient (Wildman–Crippen LogP) is -0.241. The van der Waals surface area contributed by atoms with Crippen LogP contribution in [0.5, 0.6) is 0 Å². The number of aliphatic hydroxyl groups excluding tert-OH is 1. The molecule has 1 aromatic heterocycles. The Bertz CT molecular complexity index is 363. The minimum Gasteiger partial charge on any atom is -0.391 e. The maximum absolute atomic E-state index is 9.16. The second kappa shape index (κ2) is 3.98. The molecule has 1 atom stereocenters. The maximum Gasteiger partial charge on any atom is 0.168 e. The highest BCUT2D eigenvalue weighted by atomic mass is 16.3. The van der Waals surface area contributed by atoms with Crippen molar-refractivity contribution >= 4 is 11.6 Å². The molecule has 0 saturated heterocycles. The summed E-state index contributed by atoms with van der Waals surface area (Å²) >= 11 is 0. The fourth-order valence-corrected chi connectivity index (χ4v) is 1.15. The van der Waals surface area contributed by atoms with Crippen molar-refractivity contribution in [3.05, 3.63) is 5.56 Å². The van der Waals surface area contributed by atoms with E-state index < -0.39 is 6.10 Å². The van der Waals surface area contributed by atoms with Crippen molar-refractivity contribution < 1.29 is 5.11 Å². The summed E-state index contributed by atoms with van der Waals surface area (Å²) in [5.41, 5.74) is 5.98. The lowest BCUT2D eigenvalue weighted by Gasteiger charge is -2.05. The summed E-state index contributed by atoms with van der Waals surface area (Å²) in [6.45, 7) is 1.91. The number of hydrogen-bond acceptors (Lipinski definition) is 5. The number of hydrogen-bond donors (Lipinski definition) is 3. The molecule has 6 nitrogen and oxygen atoms in total. The zero-order chi connectivity index (χ0) is 10.7. The number of rotatable bonds is 3. The van der Waals surface area contributed by atoms with Crippen molar-refractivity contribution in [2.75, 3.05) is 18.1 Å². The van der Waals surface area contributed by atoms with Crippen LogP contribution in [0.1, 0.15) is 12.5 Å². The van der Waals surface area contributed by atoms with Gasteiger partial charge in [0.05, 0.1) is 12.6 Å². The molecular formula is C8H13N5O. The highest BCUT2D eigenvalue weighted by Gasteiger charge is 2.14. The molecule has 0 saturated carbocycles. The first-order valence-electron chi connectivity index (χ1n) is 4.22. The topological polar surface area (TPSA) is 99.9 Å². The third-order valence-electron chi connectivity index (χ3n) is 1.78. The quantitative estimate of drug-likeness (QED) is 0.618. The third-order valence-corrected chi connectivity index (χ3v) is 1.78. The predicted molar refractivity (Wildman–Crippen MR) is 52.6 cm³/mol. The van der Waals surface area contributed by atoms with Crippen molar-refractivity contribution in [2.24, 2.45) is 0 Å². The molecule has 4 N–H and O–H groups in total. The molecule has 0 aliphatic carbocycles. The Morgan fingerprint density at radius 2 is 2.43 bits per heavy atom. The van der Waals surface area contributed by atoms with Crippen molar-refractivity contribution in [2.45, 2.75) is 19.6 Å². The van der Waals surface area contributed by atoms with E-state index in [-0.39, 0.29) is 12.4 Å². The van der Waals surface area contributed by atoms with Crippen LogP contribution in [0.15, 0.2) is 0 Å². The van der Waals surface area contributed by atoms with Gasteiger partial charge in [0.2, 0.25) is 0 Å². The van der Waals surface area contributed by atoms with Gasteiger partial charge in [-0.15, -0.1) is 0 Å². The molecule has 0 aromatic carbocycles. The Kier molecular flexibility index (Phi) is 2.94. The maximum atomic E-state index is 9.16. The number of nitriles is 1. The van der Waals surface area contributed by atoms with E-state index >= 15 is 0 Å².